The van der Waals surface area contributed by atoms with Gasteiger partial charge >= 0.3 is 0 Å². The van der Waals surface area contributed by atoms with Crippen LogP contribution in [-0.2, 0) is 0 Å². The molecule has 1 aromatic carbocycles. The zero-order chi connectivity index (χ0) is 6.97. The highest BCUT2D eigenvalue weighted by molar-refractivity contribution is 7.17. The number of rotatable bonds is 0. The van der Waals surface area contributed by atoms with Gasteiger partial charge in [-0.1, -0.05) is 18.2 Å². The van der Waals surface area contributed by atoms with Crippen molar-refractivity contribution in [1.82, 2.24) is 0 Å². The van der Waals surface area contributed by atoms with E-state index in [1.54, 1.807) is 6.07 Å². The van der Waals surface area contributed by atoms with Crippen molar-refractivity contribution in [2.75, 3.05) is 0 Å². The average Bonchev–Trinajstić information content (AvgIpc) is 2.27. The fraction of sp³-hybridized carbons (Fsp3) is 0. The maximum absolute atomic E-state index is 12.5. The van der Waals surface area contributed by atoms with Crippen LogP contribution in [0, 0.1) is 11.2 Å². The molecule has 0 amide bonds. The van der Waals surface area contributed by atoms with Crippen molar-refractivity contribution in [3.63, 3.8) is 0 Å². The van der Waals surface area contributed by atoms with E-state index in [2.05, 4.69) is 6.07 Å². The molecule has 0 nitrogen and oxygen atoms in total. The third kappa shape index (κ3) is 0.809. The smallest absolute Gasteiger partial charge is 0.177 e. The Kier molecular flexibility index (Phi) is 1.21. The molecule has 0 aliphatic carbocycles. The fourth-order valence-electron chi connectivity index (χ4n) is 0.886. The lowest BCUT2D eigenvalue weighted by Gasteiger charge is -1.80. The molecule has 0 aliphatic heterocycles. The second-order valence-corrected chi connectivity index (χ2v) is 3.01. The molecule has 1 radical (unpaired) electrons. The first-order valence-electron chi connectivity index (χ1n) is 2.92. The highest BCUT2D eigenvalue weighted by atomic mass is 32.1. The Morgan fingerprint density at radius 3 is 3.20 bits per heavy atom. The van der Waals surface area contributed by atoms with Gasteiger partial charge in [-0.15, -0.1) is 11.3 Å². The van der Waals surface area contributed by atoms with Crippen molar-refractivity contribution in [3.8, 4) is 0 Å². The van der Waals surface area contributed by atoms with Crippen molar-refractivity contribution < 1.29 is 4.39 Å². The topological polar surface area (TPSA) is 0 Å². The molecule has 1 aromatic heterocycles. The van der Waals surface area contributed by atoms with Gasteiger partial charge in [0, 0.05) is 10.8 Å². The van der Waals surface area contributed by atoms with Gasteiger partial charge in [0.15, 0.2) is 5.13 Å². The van der Waals surface area contributed by atoms with Gasteiger partial charge < -0.3 is 0 Å². The van der Waals surface area contributed by atoms with Gasteiger partial charge in [-0.2, -0.15) is 4.39 Å². The molecule has 2 heteroatoms. The lowest BCUT2D eigenvalue weighted by atomic mass is 10.3. The number of hydrogen-bond donors (Lipinski definition) is 0. The summed E-state index contributed by atoms with van der Waals surface area (Å²) < 4.78 is 13.4. The third-order valence-electron chi connectivity index (χ3n) is 1.32. The van der Waals surface area contributed by atoms with Gasteiger partial charge in [-0.05, 0) is 11.5 Å². The van der Waals surface area contributed by atoms with E-state index in [0.717, 1.165) is 21.4 Å². The van der Waals surface area contributed by atoms with Crippen molar-refractivity contribution in [2.24, 2.45) is 0 Å². The molecule has 1 heterocycles. The summed E-state index contributed by atoms with van der Waals surface area (Å²) in [6.45, 7) is 0. The number of hydrogen-bond acceptors (Lipinski definition) is 1. The summed E-state index contributed by atoms with van der Waals surface area (Å²) in [4.78, 5) is 0. The first-order chi connectivity index (χ1) is 4.86. The normalized spacial score (nSPS) is 10.5. The Balaban J connectivity index is 2.88. The molecule has 10 heavy (non-hydrogen) atoms. The second-order valence-electron chi connectivity index (χ2n) is 2.01. The molecule has 0 N–H and O–H groups in total. The summed E-state index contributed by atoms with van der Waals surface area (Å²) in [5, 5.41) is 0.794. The minimum Gasteiger partial charge on any atom is -0.195 e. The molecule has 2 rings (SSSR count). The first-order valence-corrected chi connectivity index (χ1v) is 3.74. The van der Waals surface area contributed by atoms with Crippen LogP contribution in [0.5, 0.6) is 0 Å². The van der Waals surface area contributed by atoms with E-state index >= 15 is 0 Å². The zero-order valence-electron chi connectivity index (χ0n) is 5.10. The molecule has 0 saturated heterocycles. The van der Waals surface area contributed by atoms with Gasteiger partial charge in [0.05, 0.1) is 0 Å². The lowest BCUT2D eigenvalue weighted by molar-refractivity contribution is 0.658. The van der Waals surface area contributed by atoms with Crippen molar-refractivity contribution in [3.05, 3.63) is 35.5 Å². The van der Waals surface area contributed by atoms with Crippen LogP contribution in [0.1, 0.15) is 0 Å². The molecule has 49 valence electrons. The van der Waals surface area contributed by atoms with Crippen LogP contribution in [0.3, 0.4) is 0 Å². The van der Waals surface area contributed by atoms with E-state index in [0.29, 0.717) is 0 Å². The molecule has 0 aliphatic rings. The van der Waals surface area contributed by atoms with Crippen LogP contribution in [0.4, 0.5) is 4.39 Å². The average molecular weight is 151 g/mol. The summed E-state index contributed by atoms with van der Waals surface area (Å²) in [6.07, 6.45) is 0. The van der Waals surface area contributed by atoms with Gasteiger partial charge in [0.1, 0.15) is 0 Å². The standard InChI is InChI=1S/C8H4FS/c9-8-5-6-3-1-2-4-7(6)10-8/h1-3,5H. The molecule has 0 saturated carbocycles. The van der Waals surface area contributed by atoms with Crippen LogP contribution in [-0.4, -0.2) is 0 Å². The van der Waals surface area contributed by atoms with Gasteiger partial charge in [0.25, 0.3) is 0 Å². The molecule has 0 bridgehead atoms. The summed E-state index contributed by atoms with van der Waals surface area (Å²) in [7, 11) is 0. The number of thiophene rings is 1. The third-order valence-corrected chi connectivity index (χ3v) is 2.19. The Morgan fingerprint density at radius 1 is 1.50 bits per heavy atom. The molecular formula is C8H4FS. The molecule has 0 atom stereocenters. The minimum atomic E-state index is -0.141. The van der Waals surface area contributed by atoms with Gasteiger partial charge in [0.2, 0.25) is 0 Å². The molecule has 0 spiro atoms. The summed E-state index contributed by atoms with van der Waals surface area (Å²) in [5.41, 5.74) is 0. The van der Waals surface area contributed by atoms with Gasteiger partial charge in [-0.25, -0.2) is 0 Å². The quantitative estimate of drug-likeness (QED) is 0.543. The number of fused-ring (bicyclic) bond motifs is 1. The van der Waals surface area contributed by atoms with Crippen molar-refractivity contribution in [1.29, 1.82) is 0 Å². The second kappa shape index (κ2) is 2.06. The summed E-state index contributed by atoms with van der Waals surface area (Å²) in [6, 6.07) is 10.0. The van der Waals surface area contributed by atoms with E-state index in [1.807, 2.05) is 12.1 Å². The largest absolute Gasteiger partial charge is 0.195 e. The summed E-state index contributed by atoms with van der Waals surface area (Å²) >= 11 is 1.13. The molecule has 0 unspecified atom stereocenters. The monoisotopic (exact) mass is 151 g/mol. The van der Waals surface area contributed by atoms with Crippen LogP contribution in [0.15, 0.2) is 24.3 Å². The van der Waals surface area contributed by atoms with Crippen LogP contribution in [0.2, 0.25) is 0 Å². The van der Waals surface area contributed by atoms with Crippen LogP contribution in [0.25, 0.3) is 10.1 Å². The Labute approximate surface area is 61.9 Å². The number of halogens is 1. The van der Waals surface area contributed by atoms with E-state index in [1.165, 1.54) is 6.07 Å². The lowest BCUT2D eigenvalue weighted by Crippen LogP contribution is -1.57. The molecule has 2 aromatic rings. The summed E-state index contributed by atoms with van der Waals surface area (Å²) in [5.74, 6) is 0. The predicted octanol–water partition coefficient (Wildman–Crippen LogP) is 2.84. The minimum absolute atomic E-state index is 0.141. The van der Waals surface area contributed by atoms with E-state index < -0.39 is 0 Å². The van der Waals surface area contributed by atoms with Crippen LogP contribution >= 0.6 is 11.3 Å². The zero-order valence-corrected chi connectivity index (χ0v) is 5.91. The van der Waals surface area contributed by atoms with Crippen molar-refractivity contribution in [2.45, 2.75) is 0 Å². The Bertz CT molecular complexity index is 318. The van der Waals surface area contributed by atoms with Gasteiger partial charge in [-0.3, -0.25) is 0 Å². The SMILES string of the molecule is Fc1cc2ccc[c]c2s1. The highest BCUT2D eigenvalue weighted by Gasteiger charge is 1.97. The van der Waals surface area contributed by atoms with Crippen molar-refractivity contribution >= 4 is 21.4 Å². The maximum atomic E-state index is 12.5. The maximum Gasteiger partial charge on any atom is 0.177 e. The van der Waals surface area contributed by atoms with Crippen LogP contribution < -0.4 is 0 Å². The van der Waals surface area contributed by atoms with E-state index in [-0.39, 0.29) is 5.13 Å². The number of benzene rings is 1. The Morgan fingerprint density at radius 2 is 2.40 bits per heavy atom. The van der Waals surface area contributed by atoms with E-state index in [4.69, 9.17) is 0 Å². The molecular weight excluding hydrogens is 147 g/mol. The molecule has 0 fully saturated rings. The fourth-order valence-corrected chi connectivity index (χ4v) is 1.64. The Hall–Kier alpha value is -0.890. The first kappa shape index (κ1) is 5.86. The van der Waals surface area contributed by atoms with E-state index in [9.17, 15) is 4.39 Å². The highest BCUT2D eigenvalue weighted by Crippen LogP contribution is 2.22. The predicted molar refractivity (Wildman–Crippen MR) is 40.6 cm³/mol.